The van der Waals surface area contributed by atoms with Gasteiger partial charge in [-0.1, -0.05) is 6.07 Å². The molecule has 0 amide bonds. The molecule has 2 N–H and O–H groups in total. The molecule has 0 atom stereocenters. The first kappa shape index (κ1) is 15.3. The van der Waals surface area contributed by atoms with Crippen molar-refractivity contribution in [2.45, 2.75) is 6.92 Å². The Morgan fingerprint density at radius 2 is 1.67 bits per heavy atom. The van der Waals surface area contributed by atoms with E-state index in [0.717, 1.165) is 33.5 Å². The van der Waals surface area contributed by atoms with Crippen LogP contribution in [0.2, 0.25) is 0 Å². The molecule has 0 aliphatic heterocycles. The van der Waals surface area contributed by atoms with E-state index in [0.29, 0.717) is 17.1 Å². The number of nitrogens with zero attached hydrogens (tertiary/aromatic N) is 6. The Balaban J connectivity index is 1.63. The minimum atomic E-state index is 0.656. The summed E-state index contributed by atoms with van der Waals surface area (Å²) in [6, 6.07) is 11.6. The molecule has 5 aromatic heterocycles. The second-order valence-electron chi connectivity index (χ2n) is 6.13. The lowest BCUT2D eigenvalue weighted by molar-refractivity contribution is 0.941. The Kier molecular flexibility index (Phi) is 3.46. The molecule has 0 bridgehead atoms. The molecule has 0 saturated heterocycles. The standard InChI is InChI=1S/C19H14N8/c1-11-3-2-4-15(23-11)18-19(26-27-25-18)16-6-5-14-17(24-16)7-12(8-20-14)13-9-21-22-10-13/h2-10H,1H3,(H,21,22)(H,25,26,27). The Bertz CT molecular complexity index is 1240. The molecule has 5 aromatic rings. The highest BCUT2D eigenvalue weighted by Crippen LogP contribution is 2.28. The SMILES string of the molecule is Cc1cccc(-c2n[nH]nc2-c2ccc3ncc(-c4cn[nH]c4)cc3n2)n1. The van der Waals surface area contributed by atoms with Gasteiger partial charge in [0.05, 0.1) is 28.6 Å². The molecule has 0 fully saturated rings. The molecule has 0 aliphatic rings. The lowest BCUT2D eigenvalue weighted by Crippen LogP contribution is -1.92. The third kappa shape index (κ3) is 2.73. The van der Waals surface area contributed by atoms with Crippen molar-refractivity contribution in [2.24, 2.45) is 0 Å². The maximum absolute atomic E-state index is 4.75. The van der Waals surface area contributed by atoms with Crippen molar-refractivity contribution >= 4 is 11.0 Å². The van der Waals surface area contributed by atoms with E-state index in [1.807, 2.05) is 55.7 Å². The first-order valence-electron chi connectivity index (χ1n) is 8.39. The lowest BCUT2D eigenvalue weighted by Gasteiger charge is -2.04. The number of nitrogens with one attached hydrogen (secondary N) is 2. The first-order valence-corrected chi connectivity index (χ1v) is 8.39. The molecule has 27 heavy (non-hydrogen) atoms. The quantitative estimate of drug-likeness (QED) is 0.515. The number of rotatable bonds is 3. The van der Waals surface area contributed by atoms with E-state index in [1.165, 1.54) is 0 Å². The molecule has 0 radical (unpaired) electrons. The van der Waals surface area contributed by atoms with E-state index in [-0.39, 0.29) is 0 Å². The summed E-state index contributed by atoms with van der Waals surface area (Å²) in [5.41, 5.74) is 7.20. The number of aromatic amines is 2. The van der Waals surface area contributed by atoms with Crippen LogP contribution < -0.4 is 0 Å². The Labute approximate surface area is 153 Å². The summed E-state index contributed by atoms with van der Waals surface area (Å²) in [4.78, 5) is 13.8. The van der Waals surface area contributed by atoms with Gasteiger partial charge in [-0.2, -0.15) is 20.5 Å². The number of aryl methyl sites for hydroxylation is 1. The van der Waals surface area contributed by atoms with Gasteiger partial charge in [0.25, 0.3) is 0 Å². The molecular weight excluding hydrogens is 340 g/mol. The van der Waals surface area contributed by atoms with E-state index < -0.39 is 0 Å². The van der Waals surface area contributed by atoms with Gasteiger partial charge in [-0.25, -0.2) is 4.98 Å². The van der Waals surface area contributed by atoms with Gasteiger partial charge in [-0.05, 0) is 37.3 Å². The third-order valence-corrected chi connectivity index (χ3v) is 4.29. The summed E-state index contributed by atoms with van der Waals surface area (Å²) < 4.78 is 0. The summed E-state index contributed by atoms with van der Waals surface area (Å²) in [5.74, 6) is 0. The van der Waals surface area contributed by atoms with Gasteiger partial charge in [0, 0.05) is 29.2 Å². The summed E-state index contributed by atoms with van der Waals surface area (Å²) in [5, 5.41) is 18.1. The molecule has 0 aliphatic carbocycles. The Hall–Kier alpha value is -3.94. The van der Waals surface area contributed by atoms with Gasteiger partial charge in [0.1, 0.15) is 11.4 Å². The maximum Gasteiger partial charge on any atom is 0.140 e. The molecular formula is C19H14N8. The predicted molar refractivity (Wildman–Crippen MR) is 100 cm³/mol. The van der Waals surface area contributed by atoms with Crippen LogP contribution in [0.4, 0.5) is 0 Å². The second-order valence-corrected chi connectivity index (χ2v) is 6.13. The average molecular weight is 354 g/mol. The van der Waals surface area contributed by atoms with Crippen LogP contribution in [0.1, 0.15) is 5.69 Å². The minimum absolute atomic E-state index is 0.656. The summed E-state index contributed by atoms with van der Waals surface area (Å²) in [7, 11) is 0. The van der Waals surface area contributed by atoms with E-state index >= 15 is 0 Å². The van der Waals surface area contributed by atoms with Crippen LogP contribution in [0, 0.1) is 6.92 Å². The van der Waals surface area contributed by atoms with Gasteiger partial charge < -0.3 is 0 Å². The van der Waals surface area contributed by atoms with Crippen LogP contribution in [0.3, 0.4) is 0 Å². The van der Waals surface area contributed by atoms with Gasteiger partial charge in [-0.3, -0.25) is 15.1 Å². The highest BCUT2D eigenvalue weighted by molar-refractivity contribution is 5.83. The highest BCUT2D eigenvalue weighted by atomic mass is 15.3. The molecule has 8 heteroatoms. The van der Waals surface area contributed by atoms with Crippen molar-refractivity contribution in [3.05, 3.63) is 60.7 Å². The summed E-state index contributed by atoms with van der Waals surface area (Å²) in [6.07, 6.45) is 5.39. The molecule has 0 aromatic carbocycles. The van der Waals surface area contributed by atoms with Gasteiger partial charge in [-0.15, -0.1) is 0 Å². The number of fused-ring (bicyclic) bond motifs is 1. The highest BCUT2D eigenvalue weighted by Gasteiger charge is 2.16. The number of H-pyrrole nitrogens is 2. The van der Waals surface area contributed by atoms with Crippen molar-refractivity contribution < 1.29 is 0 Å². The smallest absolute Gasteiger partial charge is 0.140 e. The van der Waals surface area contributed by atoms with Crippen LogP contribution in [-0.4, -0.2) is 40.6 Å². The average Bonchev–Trinajstić information content (AvgIpc) is 3.39. The summed E-state index contributed by atoms with van der Waals surface area (Å²) in [6.45, 7) is 1.95. The van der Waals surface area contributed by atoms with Gasteiger partial charge in [0.15, 0.2) is 0 Å². The van der Waals surface area contributed by atoms with Crippen LogP contribution in [0.5, 0.6) is 0 Å². The molecule has 5 rings (SSSR count). The molecule has 5 heterocycles. The number of aromatic nitrogens is 8. The maximum atomic E-state index is 4.75. The Morgan fingerprint density at radius 3 is 2.44 bits per heavy atom. The fraction of sp³-hybridized carbons (Fsp3) is 0.0526. The lowest BCUT2D eigenvalue weighted by atomic mass is 10.1. The third-order valence-electron chi connectivity index (χ3n) is 4.29. The Morgan fingerprint density at radius 1 is 0.815 bits per heavy atom. The molecule has 0 unspecified atom stereocenters. The predicted octanol–water partition coefficient (Wildman–Crippen LogP) is 3.18. The number of hydrogen-bond donors (Lipinski definition) is 2. The molecule has 8 nitrogen and oxygen atoms in total. The van der Waals surface area contributed by atoms with Gasteiger partial charge in [0.2, 0.25) is 0 Å². The van der Waals surface area contributed by atoms with E-state index in [2.05, 4.69) is 35.6 Å². The number of pyridine rings is 3. The van der Waals surface area contributed by atoms with Gasteiger partial charge >= 0.3 is 0 Å². The van der Waals surface area contributed by atoms with Crippen molar-refractivity contribution in [3.63, 3.8) is 0 Å². The van der Waals surface area contributed by atoms with E-state index in [4.69, 9.17) is 4.98 Å². The summed E-state index contributed by atoms with van der Waals surface area (Å²) >= 11 is 0. The largest absolute Gasteiger partial charge is 0.285 e. The topological polar surface area (TPSA) is 109 Å². The fourth-order valence-corrected chi connectivity index (χ4v) is 2.97. The van der Waals surface area contributed by atoms with Crippen LogP contribution in [0.25, 0.3) is 44.9 Å². The fourth-order valence-electron chi connectivity index (χ4n) is 2.97. The minimum Gasteiger partial charge on any atom is -0.285 e. The second kappa shape index (κ2) is 6.10. The zero-order valence-electron chi connectivity index (χ0n) is 14.4. The van der Waals surface area contributed by atoms with Crippen molar-refractivity contribution in [1.82, 2.24) is 40.6 Å². The normalized spacial score (nSPS) is 11.1. The molecule has 0 saturated carbocycles. The van der Waals surface area contributed by atoms with Crippen molar-refractivity contribution in [2.75, 3.05) is 0 Å². The zero-order chi connectivity index (χ0) is 18.2. The molecule has 130 valence electrons. The van der Waals surface area contributed by atoms with E-state index in [1.54, 1.807) is 6.20 Å². The number of hydrogen-bond acceptors (Lipinski definition) is 6. The van der Waals surface area contributed by atoms with E-state index in [9.17, 15) is 0 Å². The van der Waals surface area contributed by atoms with Crippen molar-refractivity contribution in [1.29, 1.82) is 0 Å². The van der Waals surface area contributed by atoms with Crippen LogP contribution in [0.15, 0.2) is 55.0 Å². The zero-order valence-corrected chi connectivity index (χ0v) is 14.4. The first-order chi connectivity index (χ1) is 13.3. The van der Waals surface area contributed by atoms with Crippen LogP contribution >= 0.6 is 0 Å². The van der Waals surface area contributed by atoms with Crippen LogP contribution in [-0.2, 0) is 0 Å². The monoisotopic (exact) mass is 354 g/mol. The van der Waals surface area contributed by atoms with Crippen molar-refractivity contribution in [3.8, 4) is 33.9 Å². The molecule has 0 spiro atoms.